The number of carboxylic acid groups (broad SMARTS) is 1. The number of thiophene rings is 1. The van der Waals surface area contributed by atoms with E-state index in [1.165, 1.54) is 6.07 Å². The van der Waals surface area contributed by atoms with E-state index in [2.05, 4.69) is 20.8 Å². The fraction of sp³-hybridized carbons (Fsp3) is 0.353. The number of nitrogens with zero attached hydrogens (tertiary/aromatic N) is 1. The van der Waals surface area contributed by atoms with Crippen molar-refractivity contribution in [1.82, 2.24) is 4.90 Å². The minimum Gasteiger partial charge on any atom is -0.481 e. The van der Waals surface area contributed by atoms with Gasteiger partial charge < -0.3 is 5.11 Å². The molecule has 0 bridgehead atoms. The van der Waals surface area contributed by atoms with Gasteiger partial charge in [0.15, 0.2) is 0 Å². The van der Waals surface area contributed by atoms with Gasteiger partial charge in [-0.1, -0.05) is 18.2 Å². The number of aliphatic carboxylic acids is 1. The summed E-state index contributed by atoms with van der Waals surface area (Å²) in [6, 6.07) is 10.4. The second-order valence-electron chi connectivity index (χ2n) is 5.74. The molecule has 23 heavy (non-hydrogen) atoms. The van der Waals surface area contributed by atoms with Gasteiger partial charge in [0.2, 0.25) is 0 Å². The second kappa shape index (κ2) is 7.11. The van der Waals surface area contributed by atoms with Crippen LogP contribution >= 0.6 is 27.3 Å². The van der Waals surface area contributed by atoms with Crippen LogP contribution in [0.1, 0.15) is 29.3 Å². The largest absolute Gasteiger partial charge is 0.481 e. The van der Waals surface area contributed by atoms with E-state index in [4.69, 9.17) is 0 Å². The number of rotatable bonds is 4. The summed E-state index contributed by atoms with van der Waals surface area (Å²) in [6.45, 7) is 1.22. The number of carboxylic acids is 1. The number of piperidine rings is 1. The minimum atomic E-state index is -0.769. The zero-order valence-corrected chi connectivity index (χ0v) is 14.8. The molecule has 3 nitrogen and oxygen atoms in total. The lowest BCUT2D eigenvalue weighted by Gasteiger charge is -2.37. The lowest BCUT2D eigenvalue weighted by molar-refractivity contribution is -0.143. The highest BCUT2D eigenvalue weighted by Crippen LogP contribution is 2.38. The molecule has 0 spiro atoms. The van der Waals surface area contributed by atoms with Crippen molar-refractivity contribution in [2.75, 3.05) is 13.1 Å². The Labute approximate surface area is 146 Å². The van der Waals surface area contributed by atoms with Crippen LogP contribution in [0.4, 0.5) is 4.39 Å². The third-order valence-electron chi connectivity index (χ3n) is 4.23. The molecule has 1 fully saturated rings. The maximum atomic E-state index is 14.4. The third kappa shape index (κ3) is 3.65. The Hall–Kier alpha value is -1.24. The Morgan fingerprint density at radius 3 is 2.78 bits per heavy atom. The van der Waals surface area contributed by atoms with E-state index in [0.29, 0.717) is 18.5 Å². The Balaban J connectivity index is 1.98. The van der Waals surface area contributed by atoms with Gasteiger partial charge in [-0.25, -0.2) is 4.39 Å². The highest BCUT2D eigenvalue weighted by Gasteiger charge is 2.33. The Kier molecular flexibility index (Phi) is 5.14. The smallest absolute Gasteiger partial charge is 0.307 e. The van der Waals surface area contributed by atoms with Gasteiger partial charge in [-0.15, -0.1) is 11.3 Å². The molecular formula is C17H17BrFNO2S. The summed E-state index contributed by atoms with van der Waals surface area (Å²) in [7, 11) is 0. The van der Waals surface area contributed by atoms with Crippen LogP contribution in [0, 0.1) is 11.7 Å². The molecule has 1 N–H and O–H groups in total. The van der Waals surface area contributed by atoms with Crippen LogP contribution in [-0.4, -0.2) is 29.1 Å². The first-order chi connectivity index (χ1) is 11.1. The molecule has 1 saturated heterocycles. The van der Waals surface area contributed by atoms with Crippen molar-refractivity contribution in [3.8, 4) is 0 Å². The maximum Gasteiger partial charge on any atom is 0.307 e. The van der Waals surface area contributed by atoms with Crippen LogP contribution in [0.15, 0.2) is 40.2 Å². The summed E-state index contributed by atoms with van der Waals surface area (Å²) in [4.78, 5) is 14.5. The standard InChI is InChI=1S/C17H17BrFNO2S/c18-15-8-7-14(23-15)16(12-5-1-2-6-13(12)19)20-9-3-4-11(10-20)17(21)22/h1-2,5-8,11,16H,3-4,9-10H2,(H,21,22). The second-order valence-corrected chi connectivity index (χ2v) is 8.23. The average Bonchev–Trinajstić information content (AvgIpc) is 2.96. The number of benzene rings is 1. The van der Waals surface area contributed by atoms with Gasteiger partial charge in [0.05, 0.1) is 15.7 Å². The lowest BCUT2D eigenvalue weighted by atomic mass is 9.94. The molecule has 0 radical (unpaired) electrons. The topological polar surface area (TPSA) is 40.5 Å². The zero-order chi connectivity index (χ0) is 16.4. The summed E-state index contributed by atoms with van der Waals surface area (Å²) >= 11 is 5.03. The van der Waals surface area contributed by atoms with Crippen molar-refractivity contribution in [3.05, 3.63) is 56.4 Å². The number of hydrogen-bond acceptors (Lipinski definition) is 3. The van der Waals surface area contributed by atoms with Gasteiger partial charge in [-0.2, -0.15) is 0 Å². The van der Waals surface area contributed by atoms with Crippen LogP contribution < -0.4 is 0 Å². The fourth-order valence-corrected chi connectivity index (χ4v) is 4.72. The molecule has 1 aromatic carbocycles. The third-order valence-corrected chi connectivity index (χ3v) is 5.91. The van der Waals surface area contributed by atoms with Gasteiger partial charge in [-0.3, -0.25) is 9.69 Å². The molecule has 3 rings (SSSR count). The molecule has 122 valence electrons. The molecule has 2 unspecified atom stereocenters. The molecule has 2 heterocycles. The summed E-state index contributed by atoms with van der Waals surface area (Å²) in [5.74, 6) is -1.41. The van der Waals surface area contributed by atoms with Crippen LogP contribution in [-0.2, 0) is 4.79 Å². The van der Waals surface area contributed by atoms with Gasteiger partial charge in [-0.05, 0) is 53.5 Å². The van der Waals surface area contributed by atoms with Gasteiger partial charge in [0.1, 0.15) is 5.82 Å². The molecule has 1 aliphatic rings. The van der Waals surface area contributed by atoms with Gasteiger partial charge in [0, 0.05) is 17.0 Å². The summed E-state index contributed by atoms with van der Waals surface area (Å²) in [5.41, 5.74) is 0.605. The van der Waals surface area contributed by atoms with Crippen LogP contribution in [0.5, 0.6) is 0 Å². The molecule has 0 aliphatic carbocycles. The van der Waals surface area contributed by atoms with E-state index >= 15 is 0 Å². The molecular weight excluding hydrogens is 381 g/mol. The minimum absolute atomic E-state index is 0.241. The summed E-state index contributed by atoms with van der Waals surface area (Å²) in [5, 5.41) is 9.33. The van der Waals surface area contributed by atoms with Gasteiger partial charge in [0.25, 0.3) is 0 Å². The Morgan fingerprint density at radius 2 is 2.13 bits per heavy atom. The number of carbonyl (C=O) groups is 1. The highest BCUT2D eigenvalue weighted by molar-refractivity contribution is 9.11. The molecule has 2 aromatic rings. The van der Waals surface area contributed by atoms with E-state index < -0.39 is 5.97 Å². The van der Waals surface area contributed by atoms with Gasteiger partial charge >= 0.3 is 5.97 Å². The summed E-state index contributed by atoms with van der Waals surface area (Å²) < 4.78 is 15.4. The van der Waals surface area contributed by atoms with Crippen molar-refractivity contribution < 1.29 is 14.3 Å². The van der Waals surface area contributed by atoms with Crippen molar-refractivity contribution in [2.45, 2.75) is 18.9 Å². The van der Waals surface area contributed by atoms with E-state index in [-0.39, 0.29) is 17.8 Å². The first-order valence-electron chi connectivity index (χ1n) is 7.53. The summed E-state index contributed by atoms with van der Waals surface area (Å²) in [6.07, 6.45) is 1.50. The van der Waals surface area contributed by atoms with E-state index in [0.717, 1.165) is 21.6 Å². The fourth-order valence-electron chi connectivity index (χ4n) is 3.14. The van der Waals surface area contributed by atoms with Crippen molar-refractivity contribution >= 4 is 33.2 Å². The predicted octanol–water partition coefficient (Wildman–Crippen LogP) is 4.54. The number of hydrogen-bond donors (Lipinski definition) is 1. The van der Waals surface area contributed by atoms with Crippen molar-refractivity contribution in [3.63, 3.8) is 0 Å². The number of halogens is 2. The van der Waals surface area contributed by atoms with Crippen LogP contribution in [0.3, 0.4) is 0 Å². The zero-order valence-electron chi connectivity index (χ0n) is 12.4. The molecule has 2 atom stereocenters. The predicted molar refractivity (Wildman–Crippen MR) is 92.2 cm³/mol. The van der Waals surface area contributed by atoms with Crippen LogP contribution in [0.25, 0.3) is 0 Å². The Bertz CT molecular complexity index is 705. The monoisotopic (exact) mass is 397 g/mol. The highest BCUT2D eigenvalue weighted by atomic mass is 79.9. The quantitative estimate of drug-likeness (QED) is 0.823. The molecule has 6 heteroatoms. The lowest BCUT2D eigenvalue weighted by Crippen LogP contribution is -2.41. The van der Waals surface area contributed by atoms with E-state index in [1.54, 1.807) is 23.5 Å². The number of likely N-dealkylation sites (tertiary alicyclic amines) is 1. The van der Waals surface area contributed by atoms with Crippen molar-refractivity contribution in [1.29, 1.82) is 0 Å². The maximum absolute atomic E-state index is 14.4. The molecule has 0 saturated carbocycles. The Morgan fingerprint density at radius 1 is 1.35 bits per heavy atom. The van der Waals surface area contributed by atoms with Crippen molar-refractivity contribution in [2.24, 2.45) is 5.92 Å². The molecule has 1 aromatic heterocycles. The molecule has 0 amide bonds. The first kappa shape index (κ1) is 16.6. The average molecular weight is 398 g/mol. The SMILES string of the molecule is O=C(O)C1CCCN(C(c2ccc(Br)s2)c2ccccc2F)C1. The first-order valence-corrected chi connectivity index (χ1v) is 9.13. The molecule has 1 aliphatic heterocycles. The van der Waals surface area contributed by atoms with E-state index in [9.17, 15) is 14.3 Å². The van der Waals surface area contributed by atoms with E-state index in [1.807, 2.05) is 18.2 Å². The normalized spacial score (nSPS) is 20.3. The van der Waals surface area contributed by atoms with Crippen LogP contribution in [0.2, 0.25) is 0 Å².